The molecule has 2 aromatic carbocycles. The summed E-state index contributed by atoms with van der Waals surface area (Å²) in [5.74, 6) is 0.721. The van der Waals surface area contributed by atoms with Gasteiger partial charge in [-0.2, -0.15) is 4.31 Å². The number of aryl methyl sites for hydroxylation is 3. The molecule has 0 fully saturated rings. The predicted molar refractivity (Wildman–Crippen MR) is 131 cm³/mol. The summed E-state index contributed by atoms with van der Waals surface area (Å²) in [5.41, 5.74) is 5.00. The first-order valence-corrected chi connectivity index (χ1v) is 13.1. The van der Waals surface area contributed by atoms with Crippen molar-refractivity contribution in [2.24, 2.45) is 7.05 Å². The molecule has 0 atom stereocenters. The van der Waals surface area contributed by atoms with E-state index in [4.69, 9.17) is 0 Å². The molecule has 33 heavy (non-hydrogen) atoms. The fraction of sp³-hybridized carbons (Fsp3) is 0.440. The molecule has 0 radical (unpaired) electrons. The quantitative estimate of drug-likeness (QED) is 0.540. The number of rotatable bonds is 8. The highest BCUT2D eigenvalue weighted by molar-refractivity contribution is 7.89. The van der Waals surface area contributed by atoms with Crippen molar-refractivity contribution in [2.45, 2.75) is 57.3 Å². The lowest BCUT2D eigenvalue weighted by Crippen LogP contribution is -2.30. The fourth-order valence-corrected chi connectivity index (χ4v) is 6.14. The molecule has 1 heterocycles. The number of hydrogen-bond acceptors (Lipinski definition) is 4. The smallest absolute Gasteiger partial charge is 0.243 e. The Morgan fingerprint density at radius 1 is 1.12 bits per heavy atom. The van der Waals surface area contributed by atoms with Crippen LogP contribution in [0.4, 0.5) is 5.69 Å². The Balaban J connectivity index is 1.49. The SMILES string of the molecule is CCN(CC)S(=O)(=O)c1ccc2c(c1)nc(CCC(=O)Nc1cccc3c1CCCC3)n2C. The number of nitrogens with one attached hydrogen (secondary N) is 1. The van der Waals surface area contributed by atoms with E-state index in [1.165, 1.54) is 21.9 Å². The Morgan fingerprint density at radius 3 is 2.64 bits per heavy atom. The predicted octanol–water partition coefficient (Wildman–Crippen LogP) is 4.05. The molecule has 8 heteroatoms. The summed E-state index contributed by atoms with van der Waals surface area (Å²) in [4.78, 5) is 17.6. The van der Waals surface area contributed by atoms with Crippen molar-refractivity contribution in [3.05, 3.63) is 53.3 Å². The summed E-state index contributed by atoms with van der Waals surface area (Å²) < 4.78 is 29.1. The van der Waals surface area contributed by atoms with Gasteiger partial charge in [0.1, 0.15) is 5.82 Å². The first kappa shape index (κ1) is 23.4. The van der Waals surface area contributed by atoms with E-state index < -0.39 is 10.0 Å². The van der Waals surface area contributed by atoms with Crippen LogP contribution in [0.25, 0.3) is 11.0 Å². The lowest BCUT2D eigenvalue weighted by atomic mass is 9.90. The van der Waals surface area contributed by atoms with Crippen molar-refractivity contribution in [1.29, 1.82) is 0 Å². The third-order valence-electron chi connectivity index (χ3n) is 6.53. The molecular formula is C25H32N4O3S. The average Bonchev–Trinajstić information content (AvgIpc) is 3.13. The van der Waals surface area contributed by atoms with E-state index in [1.54, 1.807) is 18.2 Å². The van der Waals surface area contributed by atoms with Crippen molar-refractivity contribution < 1.29 is 13.2 Å². The highest BCUT2D eigenvalue weighted by Gasteiger charge is 2.23. The van der Waals surface area contributed by atoms with E-state index in [9.17, 15) is 13.2 Å². The number of sulfonamides is 1. The van der Waals surface area contributed by atoms with Gasteiger partial charge in [-0.15, -0.1) is 0 Å². The second-order valence-electron chi connectivity index (χ2n) is 8.53. The number of carbonyl (C=O) groups is 1. The van der Waals surface area contributed by atoms with Crippen LogP contribution >= 0.6 is 0 Å². The van der Waals surface area contributed by atoms with Crippen molar-refractivity contribution in [3.8, 4) is 0 Å². The van der Waals surface area contributed by atoms with E-state index in [0.29, 0.717) is 31.4 Å². The molecule has 4 rings (SSSR count). The second-order valence-corrected chi connectivity index (χ2v) is 10.5. The minimum atomic E-state index is -3.54. The van der Waals surface area contributed by atoms with Gasteiger partial charge in [0.15, 0.2) is 0 Å². The van der Waals surface area contributed by atoms with Gasteiger partial charge in [-0.3, -0.25) is 4.79 Å². The molecule has 0 spiro atoms. The Morgan fingerprint density at radius 2 is 1.88 bits per heavy atom. The molecule has 3 aromatic rings. The van der Waals surface area contributed by atoms with Gasteiger partial charge >= 0.3 is 0 Å². The van der Waals surface area contributed by atoms with Crippen molar-refractivity contribution in [2.75, 3.05) is 18.4 Å². The van der Waals surface area contributed by atoms with Crippen LogP contribution in [0.1, 0.15) is 50.1 Å². The summed E-state index contributed by atoms with van der Waals surface area (Å²) in [5, 5.41) is 3.09. The zero-order chi connectivity index (χ0) is 23.6. The highest BCUT2D eigenvalue weighted by atomic mass is 32.2. The zero-order valence-corrected chi connectivity index (χ0v) is 20.4. The molecule has 0 bridgehead atoms. The Bertz CT molecular complexity index is 1280. The number of aromatic nitrogens is 2. The maximum Gasteiger partial charge on any atom is 0.243 e. The van der Waals surface area contributed by atoms with E-state index in [2.05, 4.69) is 16.4 Å². The highest BCUT2D eigenvalue weighted by Crippen LogP contribution is 2.28. The first-order valence-electron chi connectivity index (χ1n) is 11.7. The van der Waals surface area contributed by atoms with E-state index >= 15 is 0 Å². The fourth-order valence-electron chi connectivity index (χ4n) is 4.66. The first-order chi connectivity index (χ1) is 15.8. The minimum Gasteiger partial charge on any atom is -0.331 e. The topological polar surface area (TPSA) is 84.3 Å². The molecule has 0 saturated heterocycles. The van der Waals surface area contributed by atoms with Gasteiger partial charge < -0.3 is 9.88 Å². The number of hydrogen-bond donors (Lipinski definition) is 1. The molecule has 0 unspecified atom stereocenters. The average molecular weight is 469 g/mol. The van der Waals surface area contributed by atoms with Crippen molar-refractivity contribution >= 4 is 32.7 Å². The molecule has 1 N–H and O–H groups in total. The van der Waals surface area contributed by atoms with Crippen LogP contribution in [-0.4, -0.2) is 41.3 Å². The zero-order valence-electron chi connectivity index (χ0n) is 19.6. The van der Waals surface area contributed by atoms with Crippen LogP contribution in [0.5, 0.6) is 0 Å². The minimum absolute atomic E-state index is 0.0363. The number of benzene rings is 2. The molecule has 1 aromatic heterocycles. The lowest BCUT2D eigenvalue weighted by molar-refractivity contribution is -0.116. The van der Waals surface area contributed by atoms with E-state index in [0.717, 1.165) is 36.3 Å². The maximum absolute atomic E-state index is 12.9. The molecule has 176 valence electrons. The molecule has 0 aliphatic heterocycles. The summed E-state index contributed by atoms with van der Waals surface area (Å²) in [6, 6.07) is 11.2. The van der Waals surface area contributed by atoms with Gasteiger partial charge in [0.05, 0.1) is 15.9 Å². The Kier molecular flexibility index (Phi) is 6.86. The second kappa shape index (κ2) is 9.65. The van der Waals surface area contributed by atoms with Gasteiger partial charge in [-0.1, -0.05) is 26.0 Å². The largest absolute Gasteiger partial charge is 0.331 e. The van der Waals surface area contributed by atoms with E-state index in [-0.39, 0.29) is 10.8 Å². The Hall–Kier alpha value is -2.71. The van der Waals surface area contributed by atoms with Crippen LogP contribution in [0, 0.1) is 0 Å². The van der Waals surface area contributed by atoms with Gasteiger partial charge in [0.25, 0.3) is 0 Å². The number of fused-ring (bicyclic) bond motifs is 2. The maximum atomic E-state index is 12.9. The normalized spacial score (nSPS) is 13.9. The van der Waals surface area contributed by atoms with Crippen LogP contribution in [0.3, 0.4) is 0 Å². The number of imidazole rings is 1. The van der Waals surface area contributed by atoms with Gasteiger partial charge in [-0.25, -0.2) is 13.4 Å². The van der Waals surface area contributed by atoms with E-state index in [1.807, 2.05) is 37.6 Å². The summed E-state index contributed by atoms with van der Waals surface area (Å²) in [6.07, 6.45) is 5.23. The number of nitrogens with zero attached hydrogens (tertiary/aromatic N) is 3. The number of carbonyl (C=O) groups excluding carboxylic acids is 1. The van der Waals surface area contributed by atoms with Crippen LogP contribution in [0.15, 0.2) is 41.3 Å². The lowest BCUT2D eigenvalue weighted by Gasteiger charge is -2.19. The summed E-state index contributed by atoms with van der Waals surface area (Å²) >= 11 is 0. The van der Waals surface area contributed by atoms with Crippen LogP contribution in [-0.2, 0) is 41.1 Å². The Labute approximate surface area is 195 Å². The summed E-state index contributed by atoms with van der Waals surface area (Å²) in [7, 11) is -1.65. The molecule has 1 aliphatic carbocycles. The third-order valence-corrected chi connectivity index (χ3v) is 8.58. The molecular weight excluding hydrogens is 436 g/mol. The third kappa shape index (κ3) is 4.68. The number of amides is 1. The van der Waals surface area contributed by atoms with Crippen LogP contribution in [0.2, 0.25) is 0 Å². The van der Waals surface area contributed by atoms with Crippen molar-refractivity contribution in [1.82, 2.24) is 13.9 Å². The number of anilines is 1. The van der Waals surface area contributed by atoms with Crippen molar-refractivity contribution in [3.63, 3.8) is 0 Å². The van der Waals surface area contributed by atoms with Gasteiger partial charge in [0, 0.05) is 38.7 Å². The molecule has 1 aliphatic rings. The summed E-state index contributed by atoms with van der Waals surface area (Å²) in [6.45, 7) is 4.50. The van der Waals surface area contributed by atoms with Crippen LogP contribution < -0.4 is 5.32 Å². The van der Waals surface area contributed by atoms with Gasteiger partial charge in [-0.05, 0) is 61.1 Å². The van der Waals surface area contributed by atoms with Gasteiger partial charge in [0.2, 0.25) is 15.9 Å². The molecule has 0 saturated carbocycles. The standard InChI is InChI=1S/C25H32N4O3S/c1-4-29(5-2)33(31,32)19-13-14-23-22(17-19)26-24(28(23)3)15-16-25(30)27-21-12-8-10-18-9-6-7-11-20(18)21/h8,10,12-14,17H,4-7,9,11,15-16H2,1-3H3,(H,27,30). The molecule has 1 amide bonds. The monoisotopic (exact) mass is 468 g/mol. The molecule has 7 nitrogen and oxygen atoms in total.